The van der Waals surface area contributed by atoms with E-state index < -0.39 is 0 Å². The zero-order chi connectivity index (χ0) is 27.9. The molecule has 33 heavy (non-hydrogen) atoms. The van der Waals surface area contributed by atoms with Gasteiger partial charge in [0.25, 0.3) is 0 Å². The molecule has 0 nitrogen and oxygen atoms in total. The molecule has 2 aromatic rings. The molecule has 0 aliphatic rings. The summed E-state index contributed by atoms with van der Waals surface area (Å²) in [7, 11) is 0. The van der Waals surface area contributed by atoms with Crippen molar-refractivity contribution in [2.75, 3.05) is 0 Å². The van der Waals surface area contributed by atoms with E-state index >= 15 is 0 Å². The second-order valence-corrected chi connectivity index (χ2v) is 7.84. The fourth-order valence-corrected chi connectivity index (χ4v) is 2.15. The third-order valence-corrected chi connectivity index (χ3v) is 3.22. The van der Waals surface area contributed by atoms with Crippen LogP contribution in [0, 0.1) is 5.41 Å². The first kappa shape index (κ1) is 45.0. The molecule has 0 saturated heterocycles. The van der Waals surface area contributed by atoms with Gasteiger partial charge < -0.3 is 0 Å². The Kier molecular flexibility index (Phi) is 47.8. The number of hydrogen-bond acceptors (Lipinski definition) is 0. The van der Waals surface area contributed by atoms with E-state index in [4.69, 9.17) is 0 Å². The van der Waals surface area contributed by atoms with Crippen LogP contribution in [0.3, 0.4) is 0 Å². The Morgan fingerprint density at radius 3 is 0.909 bits per heavy atom. The largest absolute Gasteiger partial charge is 0.0683 e. The molecule has 0 heteroatoms. The zero-order valence-electron chi connectivity index (χ0n) is 26.5. The van der Waals surface area contributed by atoms with Crippen molar-refractivity contribution in [3.63, 3.8) is 0 Å². The molecule has 198 valence electrons. The van der Waals surface area contributed by atoms with Crippen molar-refractivity contribution in [2.45, 2.75) is 136 Å². The van der Waals surface area contributed by atoms with Crippen LogP contribution in [-0.2, 0) is 11.8 Å². The maximum atomic E-state index is 2.26. The van der Waals surface area contributed by atoms with Gasteiger partial charge in [-0.15, -0.1) is 0 Å². The minimum Gasteiger partial charge on any atom is -0.0683 e. The molecule has 0 N–H and O–H groups in total. The Balaban J connectivity index is -0.0000000762. The summed E-state index contributed by atoms with van der Waals surface area (Å²) in [6.45, 7) is 37.5. The van der Waals surface area contributed by atoms with E-state index in [1.807, 2.05) is 83.1 Å². The Morgan fingerprint density at radius 2 is 0.697 bits per heavy atom. The highest BCUT2D eigenvalue weighted by atomic mass is 14.2. The molecule has 2 aromatic carbocycles. The SMILES string of the molecule is CC.CC.CC.CC.CC.CC.CC(C)(C)Cc1ccccc1.CC(C)(C)c1ccccc1. The predicted octanol–water partition coefficient (Wildman–Crippen LogP) is 12.4. The number of rotatable bonds is 1. The lowest BCUT2D eigenvalue weighted by Gasteiger charge is -2.18. The van der Waals surface area contributed by atoms with Crippen LogP contribution < -0.4 is 0 Å². The molecule has 0 aromatic heterocycles. The minimum atomic E-state index is 0.293. The summed E-state index contributed by atoms with van der Waals surface area (Å²) >= 11 is 0. The van der Waals surface area contributed by atoms with E-state index in [0.29, 0.717) is 10.8 Å². The van der Waals surface area contributed by atoms with E-state index in [2.05, 4.69) is 102 Å². The van der Waals surface area contributed by atoms with Gasteiger partial charge in [0.05, 0.1) is 0 Å². The van der Waals surface area contributed by atoms with Gasteiger partial charge in [-0.05, 0) is 28.4 Å². The summed E-state index contributed by atoms with van der Waals surface area (Å²) in [5, 5.41) is 0. The standard InChI is InChI=1S/C11H16.C10H14.6C2H6/c1-11(2,3)9-10-7-5-4-6-8-10;1-10(2,3)9-7-5-4-6-8-9;6*1-2/h4-8H,9H2,1-3H3;4-8H,1-3H3;6*1-2H3. The second kappa shape index (κ2) is 35.0. The molecular weight excluding hydrogens is 396 g/mol. The van der Waals surface area contributed by atoms with Crippen molar-refractivity contribution < 1.29 is 0 Å². The molecule has 0 saturated carbocycles. The van der Waals surface area contributed by atoms with E-state index in [1.165, 1.54) is 11.1 Å². The molecule has 0 fully saturated rings. The Labute approximate surface area is 213 Å². The summed E-state index contributed by atoms with van der Waals surface area (Å²) in [6.07, 6.45) is 1.16. The first-order chi connectivity index (χ1) is 15.7. The van der Waals surface area contributed by atoms with E-state index in [0.717, 1.165) is 6.42 Å². The normalized spacial score (nSPS) is 8.42. The zero-order valence-corrected chi connectivity index (χ0v) is 26.5. The monoisotopic (exact) mass is 463 g/mol. The lowest BCUT2D eigenvalue weighted by Crippen LogP contribution is -2.10. The summed E-state index contributed by atoms with van der Waals surface area (Å²) in [5.41, 5.74) is 3.53. The van der Waals surface area contributed by atoms with E-state index in [-0.39, 0.29) is 0 Å². The van der Waals surface area contributed by atoms with Crippen molar-refractivity contribution in [3.05, 3.63) is 71.8 Å². The van der Waals surface area contributed by atoms with Crippen molar-refractivity contribution in [2.24, 2.45) is 5.41 Å². The first-order valence-corrected chi connectivity index (χ1v) is 13.8. The summed E-state index contributed by atoms with van der Waals surface area (Å²) in [6, 6.07) is 21.2. The fourth-order valence-electron chi connectivity index (χ4n) is 2.15. The molecule has 0 amide bonds. The van der Waals surface area contributed by atoms with Gasteiger partial charge in [-0.2, -0.15) is 0 Å². The molecular formula is C33H66. The van der Waals surface area contributed by atoms with Gasteiger partial charge in [0.2, 0.25) is 0 Å². The highest BCUT2D eigenvalue weighted by Crippen LogP contribution is 2.21. The van der Waals surface area contributed by atoms with Gasteiger partial charge >= 0.3 is 0 Å². The Morgan fingerprint density at radius 1 is 0.424 bits per heavy atom. The number of benzene rings is 2. The first-order valence-electron chi connectivity index (χ1n) is 13.8. The molecule has 0 radical (unpaired) electrons. The van der Waals surface area contributed by atoms with Crippen molar-refractivity contribution in [1.82, 2.24) is 0 Å². The van der Waals surface area contributed by atoms with Crippen LogP contribution in [0.15, 0.2) is 60.7 Å². The predicted molar refractivity (Wildman–Crippen MR) is 163 cm³/mol. The summed E-state index contributed by atoms with van der Waals surface area (Å²) < 4.78 is 0. The lowest BCUT2D eigenvalue weighted by atomic mass is 9.87. The lowest BCUT2D eigenvalue weighted by molar-refractivity contribution is 0.411. The third kappa shape index (κ3) is 38.0. The van der Waals surface area contributed by atoms with Crippen LogP contribution in [0.25, 0.3) is 0 Å². The van der Waals surface area contributed by atoms with Crippen LogP contribution in [-0.4, -0.2) is 0 Å². The smallest absolute Gasteiger partial charge is 0.0132 e. The van der Waals surface area contributed by atoms with Gasteiger partial charge in [0.1, 0.15) is 0 Å². The molecule has 0 bridgehead atoms. The molecule has 0 atom stereocenters. The highest BCUT2D eigenvalue weighted by Gasteiger charge is 2.11. The van der Waals surface area contributed by atoms with Gasteiger partial charge in [-0.1, -0.05) is 185 Å². The van der Waals surface area contributed by atoms with Gasteiger partial charge in [0.15, 0.2) is 0 Å². The molecule has 0 heterocycles. The van der Waals surface area contributed by atoms with Crippen LogP contribution in [0.4, 0.5) is 0 Å². The van der Waals surface area contributed by atoms with Crippen LogP contribution in [0.1, 0.15) is 136 Å². The van der Waals surface area contributed by atoms with Crippen LogP contribution >= 0.6 is 0 Å². The van der Waals surface area contributed by atoms with E-state index in [9.17, 15) is 0 Å². The van der Waals surface area contributed by atoms with Crippen LogP contribution in [0.5, 0.6) is 0 Å². The third-order valence-electron chi connectivity index (χ3n) is 3.22. The Bertz CT molecular complexity index is 495. The van der Waals surface area contributed by atoms with Gasteiger partial charge in [0, 0.05) is 0 Å². The molecule has 0 aliphatic carbocycles. The van der Waals surface area contributed by atoms with Crippen molar-refractivity contribution in [1.29, 1.82) is 0 Å². The Hall–Kier alpha value is -1.56. The van der Waals surface area contributed by atoms with Crippen molar-refractivity contribution >= 4 is 0 Å². The second-order valence-electron chi connectivity index (χ2n) is 7.84. The van der Waals surface area contributed by atoms with E-state index in [1.54, 1.807) is 0 Å². The van der Waals surface area contributed by atoms with Gasteiger partial charge in [-0.25, -0.2) is 0 Å². The molecule has 0 spiro atoms. The minimum absolute atomic E-state index is 0.293. The fraction of sp³-hybridized carbons (Fsp3) is 0.636. The van der Waals surface area contributed by atoms with Crippen LogP contribution in [0.2, 0.25) is 0 Å². The maximum absolute atomic E-state index is 2.26. The highest BCUT2D eigenvalue weighted by molar-refractivity contribution is 5.22. The number of hydrogen-bond donors (Lipinski definition) is 0. The average Bonchev–Trinajstić information content (AvgIpc) is 2.87. The topological polar surface area (TPSA) is 0 Å². The summed E-state index contributed by atoms with van der Waals surface area (Å²) in [5.74, 6) is 0. The molecule has 2 rings (SSSR count). The summed E-state index contributed by atoms with van der Waals surface area (Å²) in [4.78, 5) is 0. The average molecular weight is 463 g/mol. The maximum Gasteiger partial charge on any atom is -0.0132 e. The van der Waals surface area contributed by atoms with Crippen molar-refractivity contribution in [3.8, 4) is 0 Å². The molecule has 0 unspecified atom stereocenters. The molecule has 0 aliphatic heterocycles. The quantitative estimate of drug-likeness (QED) is 0.395. The van der Waals surface area contributed by atoms with Gasteiger partial charge in [-0.3, -0.25) is 0 Å².